The number of fused-ring (bicyclic) bond motifs is 3. The van der Waals surface area contributed by atoms with E-state index in [0.717, 1.165) is 19.0 Å². The van der Waals surface area contributed by atoms with Crippen LogP contribution in [0.4, 0.5) is 17.5 Å². The third-order valence-corrected chi connectivity index (χ3v) is 14.2. The highest BCUT2D eigenvalue weighted by molar-refractivity contribution is 7.46. The average molecular weight is 1080 g/mol. The first-order valence-corrected chi connectivity index (χ1v) is 25.2. The van der Waals surface area contributed by atoms with Gasteiger partial charge in [-0.3, -0.25) is 27.4 Å². The molecule has 16 atom stereocenters. The molecule has 0 radical (unpaired) electrons. The Hall–Kier alpha value is -4.98. The number of phosphoric acid groups is 3. The summed E-state index contributed by atoms with van der Waals surface area (Å²) in [6, 6.07) is 0. The molecular weight excluding hydrogens is 1040 g/mol. The first-order chi connectivity index (χ1) is 34.1. The van der Waals surface area contributed by atoms with E-state index in [-0.39, 0.29) is 50.9 Å². The molecular formula is C33H41N15O21P3-3. The maximum Gasteiger partial charge on any atom is 0.268 e. The van der Waals surface area contributed by atoms with Crippen molar-refractivity contribution in [1.29, 1.82) is 0 Å². The topological polar surface area (TPSA) is 534 Å². The van der Waals surface area contributed by atoms with Crippen LogP contribution < -0.4 is 31.9 Å². The van der Waals surface area contributed by atoms with E-state index in [1.165, 1.54) is 32.7 Å². The fourth-order valence-electron chi connectivity index (χ4n) is 7.70. The molecule has 392 valence electrons. The standard InChI is InChI=1S/C33H44N15O21P3/c34-25-16-28(40-6-37-25)46(9-43-16)31-22(52)19(49)13(66-31)3-63-70(55,56)61-1-12(69-72(59,60)65-5-15-21(51)24(54)33(68-15)48-11-45-18-27(36)39-8-42-30(18)48)2-62-71(57,58)64-4-14-20(50)23(53)32(67-14)47-10-44-17-26(35)38-7-41-29(17)47/h6-15,19-24,31-33,49-54H,1-5H2,(H,55,56)(H,57,58)(H,59,60)(H2,34,37,40)(H2,35,38,41)(H2,36,39,42)/p-3/t12?,13-,14?,15-,19-,20-,21-,22-,23-,24-,31?,32-,33?/m1/s1. The molecule has 0 saturated carbocycles. The number of nitrogen functional groups attached to an aromatic ring is 3. The van der Waals surface area contributed by atoms with Gasteiger partial charge < -0.3 is 104 Å². The Morgan fingerprint density at radius 2 is 0.792 bits per heavy atom. The van der Waals surface area contributed by atoms with E-state index in [1.807, 2.05) is 0 Å². The summed E-state index contributed by atoms with van der Waals surface area (Å²) in [5.74, 6) is -0.0395. The van der Waals surface area contributed by atoms with Crippen LogP contribution in [0.5, 0.6) is 0 Å². The Balaban J connectivity index is 0.843. The summed E-state index contributed by atoms with van der Waals surface area (Å²) in [5, 5.41) is 64.4. The van der Waals surface area contributed by atoms with E-state index in [2.05, 4.69) is 44.9 Å². The highest BCUT2D eigenvalue weighted by Gasteiger charge is 2.47. The summed E-state index contributed by atoms with van der Waals surface area (Å²) >= 11 is 0. The van der Waals surface area contributed by atoms with Gasteiger partial charge in [-0.15, -0.1) is 0 Å². The molecule has 0 aliphatic carbocycles. The van der Waals surface area contributed by atoms with E-state index < -0.39 is 136 Å². The Bertz CT molecular complexity index is 2930. The fraction of sp³-hybridized carbons (Fsp3) is 0.545. The monoisotopic (exact) mass is 1080 g/mol. The van der Waals surface area contributed by atoms with Crippen molar-refractivity contribution >= 4 is 74.4 Å². The summed E-state index contributed by atoms with van der Waals surface area (Å²) in [4.78, 5) is 75.0. The van der Waals surface area contributed by atoms with Crippen molar-refractivity contribution in [1.82, 2.24) is 58.6 Å². The van der Waals surface area contributed by atoms with E-state index in [1.54, 1.807) is 0 Å². The van der Waals surface area contributed by atoms with Crippen LogP contribution in [0.25, 0.3) is 33.5 Å². The van der Waals surface area contributed by atoms with Crippen LogP contribution >= 0.6 is 23.5 Å². The molecule has 6 aromatic heterocycles. The molecule has 3 aliphatic rings. The van der Waals surface area contributed by atoms with Gasteiger partial charge in [0.05, 0.1) is 52.0 Å². The first-order valence-electron chi connectivity index (χ1n) is 20.8. The largest absolute Gasteiger partial charge is 0.756 e. The lowest BCUT2D eigenvalue weighted by Gasteiger charge is -2.32. The minimum absolute atomic E-state index is 0.0102. The van der Waals surface area contributed by atoms with Gasteiger partial charge in [-0.2, -0.15) is 0 Å². The van der Waals surface area contributed by atoms with Crippen LogP contribution in [0.1, 0.15) is 18.7 Å². The second-order valence-corrected chi connectivity index (χ2v) is 20.1. The second-order valence-electron chi connectivity index (χ2n) is 15.9. The SMILES string of the molecule is Nc1ncnc2c1ncn2C1O[C@H](COP(=O)([O-])OCC(COP(=O)([O-])OCC2O[C@@H](n3cnc4c(N)ncnc43)[C@H](O)[C@@H]2O)OP(=O)([O-])OC[C@H]2OC(n3cnc4c(N)ncnc43)[C@H](O)[C@@H]2O)[C@@H](O)[C@H]1O. The number of hydrogen-bond acceptors (Lipinski definition) is 33. The zero-order chi connectivity index (χ0) is 51.4. The maximum absolute atomic E-state index is 13.2. The molecule has 0 spiro atoms. The molecule has 12 N–H and O–H groups in total. The zero-order valence-corrected chi connectivity index (χ0v) is 38.9. The minimum Gasteiger partial charge on any atom is -0.756 e. The lowest BCUT2D eigenvalue weighted by atomic mass is 10.1. The molecule has 7 unspecified atom stereocenters. The number of nitrogens with two attached hydrogens (primary N) is 3. The summed E-state index contributed by atoms with van der Waals surface area (Å²) in [7, 11) is -17.0. The number of nitrogens with zero attached hydrogens (tertiary/aromatic N) is 12. The number of rotatable bonds is 20. The Morgan fingerprint density at radius 3 is 1.11 bits per heavy atom. The second kappa shape index (κ2) is 20.4. The van der Waals surface area contributed by atoms with Crippen molar-refractivity contribution < 1.29 is 100 Å². The molecule has 3 fully saturated rings. The summed E-state index contributed by atoms with van der Waals surface area (Å²) in [5.41, 5.74) is 18.1. The molecule has 72 heavy (non-hydrogen) atoms. The molecule has 0 amide bonds. The van der Waals surface area contributed by atoms with Gasteiger partial charge in [0, 0.05) is 0 Å². The predicted octanol–water partition coefficient (Wildman–Crippen LogP) is -6.02. The van der Waals surface area contributed by atoms with Crippen molar-refractivity contribution in [2.75, 3.05) is 50.2 Å². The molecule has 3 saturated heterocycles. The highest BCUT2D eigenvalue weighted by atomic mass is 31.2. The minimum atomic E-state index is -5.75. The van der Waals surface area contributed by atoms with E-state index in [9.17, 15) is 59.0 Å². The van der Waals surface area contributed by atoms with Crippen LogP contribution in [-0.4, -0.2) is 183 Å². The zero-order valence-electron chi connectivity index (χ0n) is 36.3. The number of aromatic nitrogens is 12. The average Bonchev–Trinajstić information content (AvgIpc) is 4.20. The van der Waals surface area contributed by atoms with Crippen molar-refractivity contribution in [3.8, 4) is 0 Å². The Kier molecular flexibility index (Phi) is 14.7. The molecule has 36 nitrogen and oxygen atoms in total. The maximum atomic E-state index is 13.2. The lowest BCUT2D eigenvalue weighted by molar-refractivity contribution is -0.246. The van der Waals surface area contributed by atoms with Gasteiger partial charge in [-0.1, -0.05) is 0 Å². The third kappa shape index (κ3) is 10.5. The van der Waals surface area contributed by atoms with Crippen LogP contribution in [0.2, 0.25) is 0 Å². The summed E-state index contributed by atoms with van der Waals surface area (Å²) in [6.07, 6.45) is -14.8. The van der Waals surface area contributed by atoms with Crippen LogP contribution in [-0.2, 0) is 55.0 Å². The summed E-state index contributed by atoms with van der Waals surface area (Å²) in [6.45, 7) is -5.87. The quantitative estimate of drug-likeness (QED) is 0.0321. The lowest BCUT2D eigenvalue weighted by Crippen LogP contribution is -2.35. The summed E-state index contributed by atoms with van der Waals surface area (Å²) < 4.78 is 89.0. The molecule has 9 heterocycles. The van der Waals surface area contributed by atoms with Gasteiger partial charge >= 0.3 is 0 Å². The van der Waals surface area contributed by atoms with Gasteiger partial charge in [-0.05, 0) is 0 Å². The Labute approximate surface area is 400 Å². The molecule has 39 heteroatoms. The van der Waals surface area contributed by atoms with E-state index >= 15 is 0 Å². The molecule has 0 bridgehead atoms. The number of aliphatic hydroxyl groups is 6. The normalized spacial score (nSPS) is 30.8. The van der Waals surface area contributed by atoms with Gasteiger partial charge in [-0.25, -0.2) is 44.9 Å². The van der Waals surface area contributed by atoms with Gasteiger partial charge in [0.2, 0.25) is 0 Å². The van der Waals surface area contributed by atoms with Crippen molar-refractivity contribution in [3.05, 3.63) is 38.0 Å². The van der Waals surface area contributed by atoms with Crippen molar-refractivity contribution in [2.45, 2.75) is 79.7 Å². The number of aliphatic hydroxyl groups excluding tert-OH is 6. The van der Waals surface area contributed by atoms with Gasteiger partial charge in [0.1, 0.15) is 96.6 Å². The molecule has 6 aromatic rings. The fourth-order valence-corrected chi connectivity index (χ4v) is 10.1. The number of ether oxygens (including phenoxy) is 3. The number of imidazole rings is 3. The molecule has 9 rings (SSSR count). The van der Waals surface area contributed by atoms with Crippen LogP contribution in [0.15, 0.2) is 38.0 Å². The van der Waals surface area contributed by atoms with Crippen LogP contribution in [0, 0.1) is 0 Å². The van der Waals surface area contributed by atoms with E-state index in [4.69, 9.17) is 58.6 Å². The highest BCUT2D eigenvalue weighted by Crippen LogP contribution is 2.47. The third-order valence-electron chi connectivity index (χ3n) is 11.3. The smallest absolute Gasteiger partial charge is 0.268 e. The first kappa shape index (κ1) is 51.9. The van der Waals surface area contributed by atoms with Crippen LogP contribution in [0.3, 0.4) is 0 Å². The van der Waals surface area contributed by atoms with Gasteiger partial charge in [0.15, 0.2) is 53.1 Å². The number of phosphoric ester groups is 3. The number of hydrogen-bond donors (Lipinski definition) is 9. The van der Waals surface area contributed by atoms with E-state index in [0.29, 0.717) is 0 Å². The molecule has 3 aliphatic heterocycles. The van der Waals surface area contributed by atoms with Gasteiger partial charge in [0.25, 0.3) is 23.5 Å². The van der Waals surface area contributed by atoms with Crippen molar-refractivity contribution in [3.63, 3.8) is 0 Å². The number of anilines is 3. The Morgan fingerprint density at radius 1 is 0.486 bits per heavy atom. The predicted molar refractivity (Wildman–Crippen MR) is 224 cm³/mol. The molecule has 0 aromatic carbocycles. The van der Waals surface area contributed by atoms with Crippen molar-refractivity contribution in [2.24, 2.45) is 0 Å².